The van der Waals surface area contributed by atoms with Gasteiger partial charge >= 0.3 is 0 Å². The lowest BCUT2D eigenvalue weighted by Gasteiger charge is -2.00. The average Bonchev–Trinajstić information content (AvgIpc) is 3.01. The maximum Gasteiger partial charge on any atom is 0.222 e. The molecule has 1 aliphatic heterocycles. The number of amides is 1. The summed E-state index contributed by atoms with van der Waals surface area (Å²) in [5.41, 5.74) is 0. The summed E-state index contributed by atoms with van der Waals surface area (Å²) in [6.07, 6.45) is 1.53. The van der Waals surface area contributed by atoms with Crippen molar-refractivity contribution in [1.82, 2.24) is 4.90 Å². The fraction of sp³-hybridized carbons (Fsp3) is 0.455. The Kier molecular flexibility index (Phi) is 3.61. The van der Waals surface area contributed by atoms with Crippen molar-refractivity contribution in [2.45, 2.75) is 19.3 Å². The maximum absolute atomic E-state index is 11.7. The molecule has 1 fully saturated rings. The molecule has 0 atom stereocenters. The van der Waals surface area contributed by atoms with Gasteiger partial charge in [-0.25, -0.2) is 0 Å². The second-order valence-electron chi connectivity index (χ2n) is 3.76. The molecule has 0 radical (unpaired) electrons. The van der Waals surface area contributed by atoms with Gasteiger partial charge in [0.2, 0.25) is 5.91 Å². The molecular weight excluding hydrogens is 246 g/mol. The summed E-state index contributed by atoms with van der Waals surface area (Å²) in [5, 5.41) is 0. The first kappa shape index (κ1) is 11.6. The van der Waals surface area contributed by atoms with Crippen LogP contribution >= 0.6 is 22.9 Å². The molecular formula is C11H12ClNO2S. The highest BCUT2D eigenvalue weighted by atomic mass is 35.5. The van der Waals surface area contributed by atoms with Gasteiger partial charge in [-0.15, -0.1) is 11.3 Å². The smallest absolute Gasteiger partial charge is 0.222 e. The summed E-state index contributed by atoms with van der Waals surface area (Å²) < 4.78 is 0.628. The van der Waals surface area contributed by atoms with Crippen LogP contribution < -0.4 is 0 Å². The van der Waals surface area contributed by atoms with Crippen molar-refractivity contribution in [2.24, 2.45) is 0 Å². The van der Waals surface area contributed by atoms with Gasteiger partial charge in [0.1, 0.15) is 0 Å². The van der Waals surface area contributed by atoms with Gasteiger partial charge in [0.05, 0.1) is 9.21 Å². The third-order valence-corrected chi connectivity index (χ3v) is 3.71. The Morgan fingerprint density at radius 2 is 2.06 bits per heavy atom. The molecule has 0 aromatic carbocycles. The van der Waals surface area contributed by atoms with Crippen LogP contribution in [-0.2, 0) is 4.79 Å². The number of rotatable bonds is 5. The van der Waals surface area contributed by atoms with Crippen molar-refractivity contribution in [1.29, 1.82) is 0 Å². The molecule has 0 spiro atoms. The zero-order valence-corrected chi connectivity index (χ0v) is 10.3. The molecule has 1 aliphatic rings. The first-order valence-corrected chi connectivity index (χ1v) is 6.42. The van der Waals surface area contributed by atoms with Gasteiger partial charge < -0.3 is 4.90 Å². The minimum atomic E-state index is 0.0792. The summed E-state index contributed by atoms with van der Waals surface area (Å²) in [6.45, 7) is 1.76. The molecule has 1 amide bonds. The van der Waals surface area contributed by atoms with Gasteiger partial charge in [-0.3, -0.25) is 9.59 Å². The third kappa shape index (κ3) is 3.06. The van der Waals surface area contributed by atoms with Crippen molar-refractivity contribution < 1.29 is 9.59 Å². The van der Waals surface area contributed by atoms with Crippen LogP contribution in [0.1, 0.15) is 28.9 Å². The number of carbonyl (C=O) groups is 2. The number of carbonyl (C=O) groups excluding carboxylic acids is 2. The number of halogens is 1. The van der Waals surface area contributed by atoms with Gasteiger partial charge in [0, 0.05) is 25.9 Å². The zero-order valence-electron chi connectivity index (χ0n) is 8.74. The highest BCUT2D eigenvalue weighted by Gasteiger charge is 2.23. The highest BCUT2D eigenvalue weighted by Crippen LogP contribution is 2.23. The summed E-state index contributed by atoms with van der Waals surface area (Å²) >= 11 is 7.04. The van der Waals surface area contributed by atoms with E-state index in [4.69, 9.17) is 11.6 Å². The van der Waals surface area contributed by atoms with Crippen LogP contribution in [0.3, 0.4) is 0 Å². The van der Waals surface area contributed by atoms with E-state index < -0.39 is 0 Å². The minimum absolute atomic E-state index is 0.0792. The second kappa shape index (κ2) is 4.97. The van der Waals surface area contributed by atoms with E-state index in [2.05, 4.69) is 0 Å². The van der Waals surface area contributed by atoms with Gasteiger partial charge in [0.25, 0.3) is 0 Å². The Morgan fingerprint density at radius 1 is 1.31 bits per heavy atom. The van der Waals surface area contributed by atoms with Crippen LogP contribution in [0.25, 0.3) is 0 Å². The molecule has 16 heavy (non-hydrogen) atoms. The van der Waals surface area contributed by atoms with E-state index in [1.54, 1.807) is 17.0 Å². The van der Waals surface area contributed by atoms with Gasteiger partial charge in [-0.2, -0.15) is 0 Å². The van der Waals surface area contributed by atoms with Gasteiger partial charge in [-0.05, 0) is 18.6 Å². The second-order valence-corrected chi connectivity index (χ2v) is 5.48. The Labute approximate surface area is 103 Å². The lowest BCUT2D eigenvalue weighted by atomic mass is 10.1. The van der Waals surface area contributed by atoms with Crippen LogP contribution in [0.2, 0.25) is 4.34 Å². The Hall–Kier alpha value is -0.870. The van der Waals surface area contributed by atoms with Crippen molar-refractivity contribution >= 4 is 34.6 Å². The number of ketones is 1. The first-order chi connectivity index (χ1) is 7.66. The lowest BCUT2D eigenvalue weighted by molar-refractivity contribution is -0.125. The number of hydrogen-bond acceptors (Lipinski definition) is 3. The van der Waals surface area contributed by atoms with Gasteiger partial charge in [-0.1, -0.05) is 11.6 Å². The third-order valence-electron chi connectivity index (χ3n) is 2.44. The summed E-state index contributed by atoms with van der Waals surface area (Å²) in [6, 6.07) is 3.46. The Balaban J connectivity index is 1.73. The van der Waals surface area contributed by atoms with Crippen LogP contribution in [-0.4, -0.2) is 29.7 Å². The quantitative estimate of drug-likeness (QED) is 0.601. The average molecular weight is 258 g/mol. The van der Waals surface area contributed by atoms with E-state index in [-0.39, 0.29) is 11.7 Å². The summed E-state index contributed by atoms with van der Waals surface area (Å²) in [4.78, 5) is 25.4. The molecule has 0 unspecified atom stereocenters. The fourth-order valence-corrected chi connectivity index (χ4v) is 2.46. The molecule has 0 N–H and O–H groups in total. The minimum Gasteiger partial charge on any atom is -0.339 e. The number of Topliss-reactive ketones (excluding diaryl/α,β-unsaturated/α-hetero) is 1. The number of hydrogen-bond donors (Lipinski definition) is 0. The fourth-order valence-electron chi connectivity index (χ4n) is 1.45. The van der Waals surface area contributed by atoms with Crippen molar-refractivity contribution in [3.8, 4) is 0 Å². The van der Waals surface area contributed by atoms with E-state index in [9.17, 15) is 9.59 Å². The molecule has 3 nitrogen and oxygen atoms in total. The highest BCUT2D eigenvalue weighted by molar-refractivity contribution is 7.18. The molecule has 5 heteroatoms. The number of nitrogens with zero attached hydrogens (tertiary/aromatic N) is 1. The standard InChI is InChI=1S/C11H12ClNO2S/c12-10-5-4-9(16-10)8(14)2-1-3-11(15)13-6-7-13/h4-5H,1-3,6-7H2. The zero-order chi connectivity index (χ0) is 11.5. The predicted octanol–water partition coefficient (Wildman–Crippen LogP) is 2.60. The summed E-state index contributed by atoms with van der Waals surface area (Å²) in [7, 11) is 0. The van der Waals surface area contributed by atoms with Crippen LogP contribution in [0.5, 0.6) is 0 Å². The van der Waals surface area contributed by atoms with Crippen LogP contribution in [0.4, 0.5) is 0 Å². The lowest BCUT2D eigenvalue weighted by Crippen LogP contribution is -2.10. The largest absolute Gasteiger partial charge is 0.339 e. The van der Waals surface area contributed by atoms with Crippen molar-refractivity contribution in [3.05, 3.63) is 21.3 Å². The maximum atomic E-state index is 11.7. The first-order valence-electron chi connectivity index (χ1n) is 5.23. The van der Waals surface area contributed by atoms with E-state index in [1.807, 2.05) is 0 Å². The normalized spacial score (nSPS) is 13.9. The van der Waals surface area contributed by atoms with E-state index in [0.717, 1.165) is 13.1 Å². The number of thiophene rings is 1. The molecule has 0 aliphatic carbocycles. The molecule has 86 valence electrons. The van der Waals surface area contributed by atoms with E-state index in [0.29, 0.717) is 28.5 Å². The monoisotopic (exact) mass is 257 g/mol. The molecule has 0 bridgehead atoms. The van der Waals surface area contributed by atoms with E-state index in [1.165, 1.54) is 11.3 Å². The topological polar surface area (TPSA) is 37.1 Å². The predicted molar refractivity (Wildman–Crippen MR) is 64.1 cm³/mol. The summed E-state index contributed by atoms with van der Waals surface area (Å²) in [5.74, 6) is 0.243. The molecule has 1 aromatic rings. The molecule has 2 rings (SSSR count). The molecule has 2 heterocycles. The SMILES string of the molecule is O=C(CCCC(=O)N1CC1)c1ccc(Cl)s1. The molecule has 0 saturated carbocycles. The van der Waals surface area contributed by atoms with Crippen molar-refractivity contribution in [2.75, 3.05) is 13.1 Å². The van der Waals surface area contributed by atoms with Crippen LogP contribution in [0, 0.1) is 0 Å². The van der Waals surface area contributed by atoms with E-state index >= 15 is 0 Å². The Morgan fingerprint density at radius 3 is 2.62 bits per heavy atom. The van der Waals surface area contributed by atoms with Crippen LogP contribution in [0.15, 0.2) is 12.1 Å². The van der Waals surface area contributed by atoms with Gasteiger partial charge in [0.15, 0.2) is 5.78 Å². The molecule has 1 saturated heterocycles. The molecule has 1 aromatic heterocycles. The Bertz CT molecular complexity index is 412. The van der Waals surface area contributed by atoms with Crippen molar-refractivity contribution in [3.63, 3.8) is 0 Å².